The minimum Gasteiger partial charge on any atom is -0.0622 e. The summed E-state index contributed by atoms with van der Waals surface area (Å²) in [7, 11) is 0. The number of benzene rings is 2. The molecular weight excluding hydrogens is 324 g/mol. The monoisotopic (exact) mass is 364 g/mol. The maximum absolute atomic E-state index is 2.52. The van der Waals surface area contributed by atoms with Gasteiger partial charge in [-0.3, -0.25) is 0 Å². The molecule has 0 aliphatic heterocycles. The zero-order valence-electron chi connectivity index (χ0n) is 19.5. The highest BCUT2D eigenvalue weighted by atomic mass is 14.4. The van der Waals surface area contributed by atoms with Gasteiger partial charge >= 0.3 is 0 Å². The summed E-state index contributed by atoms with van der Waals surface area (Å²) in [5.74, 6) is 0. The maximum atomic E-state index is 2.52. The molecular formula is C27H40. The molecule has 0 radical (unpaired) electrons. The van der Waals surface area contributed by atoms with E-state index in [0.717, 1.165) is 0 Å². The van der Waals surface area contributed by atoms with Crippen molar-refractivity contribution in [2.45, 2.75) is 97.8 Å². The van der Waals surface area contributed by atoms with Crippen molar-refractivity contribution in [3.8, 4) is 0 Å². The molecule has 2 aromatic carbocycles. The number of rotatable bonds is 2. The predicted molar refractivity (Wildman–Crippen MR) is 121 cm³/mol. The molecule has 0 aliphatic carbocycles. The van der Waals surface area contributed by atoms with Crippen LogP contribution in [0.4, 0.5) is 0 Å². The Balaban J connectivity index is 2.92. The van der Waals surface area contributed by atoms with Gasteiger partial charge in [-0.25, -0.2) is 0 Å². The molecule has 27 heavy (non-hydrogen) atoms. The van der Waals surface area contributed by atoms with E-state index in [9.17, 15) is 0 Å². The van der Waals surface area contributed by atoms with Crippen molar-refractivity contribution in [2.24, 2.45) is 0 Å². The van der Waals surface area contributed by atoms with Gasteiger partial charge in [0.1, 0.15) is 0 Å². The Morgan fingerprint density at radius 2 is 0.778 bits per heavy atom. The Morgan fingerprint density at radius 3 is 1.15 bits per heavy atom. The molecule has 0 nitrogen and oxygen atoms in total. The highest BCUT2D eigenvalue weighted by molar-refractivity contribution is 5.52. The summed E-state index contributed by atoms with van der Waals surface area (Å²) < 4.78 is 0. The van der Waals surface area contributed by atoms with Crippen LogP contribution in [-0.2, 0) is 21.7 Å². The normalized spacial score (nSPS) is 13.7. The van der Waals surface area contributed by atoms with Crippen molar-refractivity contribution in [2.75, 3.05) is 0 Å². The topological polar surface area (TPSA) is 0 Å². The largest absolute Gasteiger partial charge is 0.0622 e. The van der Waals surface area contributed by atoms with E-state index >= 15 is 0 Å². The lowest BCUT2D eigenvalue weighted by molar-refractivity contribution is 0.509. The molecule has 0 saturated carbocycles. The SMILES string of the molecule is CC(C)(C)c1cc(C(C)(C)C)c(C(C)(C)c2ccccc2)cc1C(C)(C)C. The highest BCUT2D eigenvalue weighted by Crippen LogP contribution is 2.44. The molecule has 0 aliphatic rings. The first kappa shape index (κ1) is 21.7. The van der Waals surface area contributed by atoms with Crippen molar-refractivity contribution in [3.05, 3.63) is 70.3 Å². The Labute approximate surface area is 168 Å². The maximum Gasteiger partial charge on any atom is 0.0149 e. The fourth-order valence-electron chi connectivity index (χ4n) is 3.99. The van der Waals surface area contributed by atoms with Gasteiger partial charge in [0.15, 0.2) is 0 Å². The van der Waals surface area contributed by atoms with Gasteiger partial charge in [0.2, 0.25) is 0 Å². The van der Waals surface area contributed by atoms with Crippen LogP contribution in [0.15, 0.2) is 42.5 Å². The van der Waals surface area contributed by atoms with E-state index in [4.69, 9.17) is 0 Å². The average Bonchev–Trinajstić information content (AvgIpc) is 2.52. The first-order valence-corrected chi connectivity index (χ1v) is 10.3. The molecule has 0 fully saturated rings. The lowest BCUT2D eigenvalue weighted by Gasteiger charge is -2.38. The van der Waals surface area contributed by atoms with E-state index in [1.54, 1.807) is 0 Å². The van der Waals surface area contributed by atoms with Crippen LogP contribution in [0.2, 0.25) is 0 Å². The Hall–Kier alpha value is -1.56. The van der Waals surface area contributed by atoms with Gasteiger partial charge in [-0.15, -0.1) is 0 Å². The zero-order chi connectivity index (χ0) is 20.8. The minimum absolute atomic E-state index is 0.0414. The van der Waals surface area contributed by atoms with E-state index < -0.39 is 0 Å². The molecule has 0 saturated heterocycles. The van der Waals surface area contributed by atoms with Gasteiger partial charge in [0.05, 0.1) is 0 Å². The molecule has 2 aromatic rings. The summed E-state index contributed by atoms with van der Waals surface area (Å²) in [5, 5.41) is 0. The third-order valence-corrected chi connectivity index (χ3v) is 5.75. The molecule has 0 spiro atoms. The van der Waals surface area contributed by atoms with Gasteiger partial charge < -0.3 is 0 Å². The first-order chi connectivity index (χ1) is 12.1. The number of hydrogen-bond acceptors (Lipinski definition) is 0. The molecule has 0 amide bonds. The fraction of sp³-hybridized carbons (Fsp3) is 0.556. The van der Waals surface area contributed by atoms with Crippen LogP contribution in [-0.4, -0.2) is 0 Å². The molecule has 0 atom stereocenters. The second kappa shape index (κ2) is 6.80. The summed E-state index contributed by atoms with van der Waals surface area (Å²) >= 11 is 0. The molecule has 0 unspecified atom stereocenters. The second-order valence-electron chi connectivity index (χ2n) is 11.7. The van der Waals surface area contributed by atoms with Crippen LogP contribution in [0.3, 0.4) is 0 Å². The van der Waals surface area contributed by atoms with Crippen LogP contribution < -0.4 is 0 Å². The highest BCUT2D eigenvalue weighted by Gasteiger charge is 2.34. The Kier molecular flexibility index (Phi) is 5.47. The summed E-state index contributed by atoms with van der Waals surface area (Å²) in [4.78, 5) is 0. The zero-order valence-corrected chi connectivity index (χ0v) is 19.5. The fourth-order valence-corrected chi connectivity index (χ4v) is 3.99. The van der Waals surface area contributed by atoms with Crippen molar-refractivity contribution >= 4 is 0 Å². The summed E-state index contributed by atoms with van der Waals surface area (Å²) in [6, 6.07) is 16.0. The lowest BCUT2D eigenvalue weighted by atomic mass is 9.66. The van der Waals surface area contributed by atoms with Crippen LogP contribution >= 0.6 is 0 Å². The molecule has 0 bridgehead atoms. The van der Waals surface area contributed by atoms with E-state index in [0.29, 0.717) is 0 Å². The van der Waals surface area contributed by atoms with Crippen LogP contribution in [0, 0.1) is 0 Å². The quantitative estimate of drug-likeness (QED) is 0.508. The standard InChI is InChI=1S/C27H40/c1-24(2,3)20-17-22(26(7,8)9)23(18-21(20)25(4,5)6)27(10,11)19-15-13-12-14-16-19/h12-18H,1-11H3. The summed E-state index contributed by atoms with van der Waals surface area (Å²) in [6.07, 6.45) is 0. The average molecular weight is 365 g/mol. The van der Waals surface area contributed by atoms with Crippen LogP contribution in [0.5, 0.6) is 0 Å². The molecule has 0 aromatic heterocycles. The van der Waals surface area contributed by atoms with Crippen molar-refractivity contribution in [3.63, 3.8) is 0 Å². The van der Waals surface area contributed by atoms with Crippen LogP contribution in [0.25, 0.3) is 0 Å². The van der Waals surface area contributed by atoms with Crippen molar-refractivity contribution in [1.82, 2.24) is 0 Å². The van der Waals surface area contributed by atoms with E-state index in [1.165, 1.54) is 27.8 Å². The summed E-state index contributed by atoms with van der Waals surface area (Å²) in [5.41, 5.74) is 7.54. The molecule has 0 N–H and O–H groups in total. The molecule has 2 rings (SSSR count). The predicted octanol–water partition coefficient (Wildman–Crippen LogP) is 7.91. The Bertz CT molecular complexity index is 785. The van der Waals surface area contributed by atoms with Gasteiger partial charge in [0.25, 0.3) is 0 Å². The van der Waals surface area contributed by atoms with Crippen molar-refractivity contribution in [1.29, 1.82) is 0 Å². The van der Waals surface area contributed by atoms with Gasteiger partial charge in [-0.2, -0.15) is 0 Å². The molecule has 148 valence electrons. The third-order valence-electron chi connectivity index (χ3n) is 5.75. The second-order valence-corrected chi connectivity index (χ2v) is 11.7. The third kappa shape index (κ3) is 4.48. The Morgan fingerprint density at radius 1 is 0.444 bits per heavy atom. The van der Waals surface area contributed by atoms with E-state index in [1.807, 2.05) is 0 Å². The summed E-state index contributed by atoms with van der Waals surface area (Å²) in [6.45, 7) is 25.8. The first-order valence-electron chi connectivity index (χ1n) is 10.3. The minimum atomic E-state index is -0.0414. The van der Waals surface area contributed by atoms with Gasteiger partial charge in [-0.1, -0.05) is 119 Å². The van der Waals surface area contributed by atoms with Crippen LogP contribution in [0.1, 0.15) is 104 Å². The molecule has 0 heterocycles. The van der Waals surface area contributed by atoms with E-state index in [-0.39, 0.29) is 21.7 Å². The van der Waals surface area contributed by atoms with E-state index in [2.05, 4.69) is 119 Å². The molecule has 0 heteroatoms. The van der Waals surface area contributed by atoms with Gasteiger partial charge in [-0.05, 0) is 44.1 Å². The number of hydrogen-bond donors (Lipinski definition) is 0. The smallest absolute Gasteiger partial charge is 0.0149 e. The van der Waals surface area contributed by atoms with Crippen molar-refractivity contribution < 1.29 is 0 Å². The lowest BCUT2D eigenvalue weighted by Crippen LogP contribution is -2.30. The van der Waals surface area contributed by atoms with Gasteiger partial charge in [0, 0.05) is 5.41 Å².